The number of rotatable bonds is 9. The fraction of sp³-hybridized carbons (Fsp3) is 0.360. The Balaban J connectivity index is -0.000000923. The van der Waals surface area contributed by atoms with Crippen LogP contribution in [-0.4, -0.2) is 82.6 Å². The molecule has 0 aliphatic heterocycles. The number of aromatic nitrogens is 2. The van der Waals surface area contributed by atoms with Gasteiger partial charge in [-0.05, 0) is 6.07 Å². The van der Waals surface area contributed by atoms with Gasteiger partial charge in [-0.25, -0.2) is 29.7 Å². The van der Waals surface area contributed by atoms with E-state index in [0.717, 1.165) is 0 Å². The molecule has 15 nitrogen and oxygen atoms in total. The van der Waals surface area contributed by atoms with E-state index in [9.17, 15) is 62.3 Å². The summed E-state index contributed by atoms with van der Waals surface area (Å²) in [6, 6.07) is 4.20. The van der Waals surface area contributed by atoms with E-state index in [4.69, 9.17) is 52.4 Å². The third-order valence-electron chi connectivity index (χ3n) is 4.73. The topological polar surface area (TPSA) is 262 Å². The van der Waals surface area contributed by atoms with Crippen molar-refractivity contribution in [2.45, 2.75) is 44.7 Å². The van der Waals surface area contributed by atoms with Gasteiger partial charge in [0.25, 0.3) is 11.6 Å². The Labute approximate surface area is 293 Å². The van der Waals surface area contributed by atoms with Crippen molar-refractivity contribution in [2.24, 2.45) is 5.73 Å². The zero-order valence-electron chi connectivity index (χ0n) is 25.2. The summed E-state index contributed by atoms with van der Waals surface area (Å²) in [6.45, 7) is -0.967. The van der Waals surface area contributed by atoms with Gasteiger partial charge in [0.15, 0.2) is 12.7 Å². The molecule has 2 aromatic heterocycles. The zero-order chi connectivity index (χ0) is 41.3. The van der Waals surface area contributed by atoms with E-state index >= 15 is 0 Å². The van der Waals surface area contributed by atoms with Gasteiger partial charge in [-0.15, -0.1) is 0 Å². The van der Waals surface area contributed by atoms with Gasteiger partial charge in [0.05, 0.1) is 17.9 Å². The van der Waals surface area contributed by atoms with Gasteiger partial charge in [0, 0.05) is 24.2 Å². The minimum absolute atomic E-state index is 0. The summed E-state index contributed by atoms with van der Waals surface area (Å²) in [6.07, 6.45) is -13.3. The molecule has 0 spiro atoms. The van der Waals surface area contributed by atoms with Crippen LogP contribution >= 0.6 is 11.6 Å². The highest BCUT2D eigenvalue weighted by Gasteiger charge is 2.41. The second-order valence-electron chi connectivity index (χ2n) is 8.83. The standard InChI is InChI=1S/C18H19ClF3N7O2.3C2HF3O2.CH4/c19-11-8-27-16(28-9-18(21,22)12-3-1-2-5-25-12)15(20)10(11)7-14(31)26-6-4-13(30)29-17(23)24;3*3-2(4,5)1(6)7;/h1-3,5,8H,4,6-7,9H2,(H,26,31)(H,27,28)(H4,23,24,29,30);3*(H,6,7);1H4/p+3. The number of halogens is 13. The molecule has 0 saturated heterocycles. The second kappa shape index (κ2) is 22.3. The van der Waals surface area contributed by atoms with Gasteiger partial charge in [-0.1, -0.05) is 19.0 Å². The molecular formula is C25H29ClF12N7O8+3. The minimum Gasteiger partial charge on any atom is -0.475 e. The van der Waals surface area contributed by atoms with E-state index in [1.807, 2.05) is 0 Å². The average Bonchev–Trinajstić information content (AvgIpc) is 2.98. The molecule has 12 N–H and O–H groups in total. The number of aromatic amines is 2. The molecule has 0 saturated carbocycles. The molecule has 0 unspecified atom stereocenters. The molecule has 28 heteroatoms. The van der Waals surface area contributed by atoms with Crippen LogP contribution in [0.1, 0.15) is 25.1 Å². The SMILES string of the molecule is C.NC(=[NH2+])NC(=O)CCNC(=O)Cc1c(Cl)c[nH+]c(NCC(F)(F)c2cccc[nH+]2)c1F.O=C(O)C(F)(F)F.O=C(O)C(F)(F)F.O=C(O)C(F)(F)F. The number of hydrogen-bond donors (Lipinski definition) is 8. The summed E-state index contributed by atoms with van der Waals surface area (Å²) in [5, 5.41) is 33.3. The first-order chi connectivity index (χ1) is 23.4. The zero-order valence-corrected chi connectivity index (χ0v) is 25.9. The maximum atomic E-state index is 14.8. The number of carboxylic acids is 3. The van der Waals surface area contributed by atoms with E-state index in [1.54, 1.807) is 6.07 Å². The first-order valence-corrected chi connectivity index (χ1v) is 13.1. The van der Waals surface area contributed by atoms with Gasteiger partial charge in [0.2, 0.25) is 11.7 Å². The number of carbonyl (C=O) groups is 5. The van der Waals surface area contributed by atoms with Crippen LogP contribution < -0.4 is 37.1 Å². The molecule has 2 aromatic rings. The van der Waals surface area contributed by atoms with Crippen molar-refractivity contribution in [2.75, 3.05) is 18.4 Å². The van der Waals surface area contributed by atoms with E-state index in [2.05, 4.69) is 25.9 Å². The van der Waals surface area contributed by atoms with Crippen molar-refractivity contribution in [3.63, 3.8) is 0 Å². The lowest BCUT2D eigenvalue weighted by molar-refractivity contribution is -0.412. The molecule has 53 heavy (non-hydrogen) atoms. The summed E-state index contributed by atoms with van der Waals surface area (Å²) in [5.74, 6) is -14.3. The van der Waals surface area contributed by atoms with Gasteiger partial charge in [-0.3, -0.25) is 26.0 Å². The highest BCUT2D eigenvalue weighted by Crippen LogP contribution is 2.26. The summed E-state index contributed by atoms with van der Waals surface area (Å²) in [7, 11) is 0. The molecule has 2 rings (SSSR count). The van der Waals surface area contributed by atoms with Crippen LogP contribution in [0.15, 0.2) is 30.6 Å². The van der Waals surface area contributed by atoms with Crippen molar-refractivity contribution in [3.8, 4) is 0 Å². The van der Waals surface area contributed by atoms with Crippen molar-refractivity contribution in [1.29, 1.82) is 0 Å². The second-order valence-corrected chi connectivity index (χ2v) is 9.23. The molecule has 2 amide bonds. The Hall–Kier alpha value is -5.63. The lowest BCUT2D eigenvalue weighted by atomic mass is 10.1. The number of hydrogen-bond acceptors (Lipinski definition) is 6. The third kappa shape index (κ3) is 22.7. The highest BCUT2D eigenvalue weighted by atomic mass is 35.5. The number of pyridine rings is 2. The number of carbonyl (C=O) groups excluding carboxylic acids is 2. The predicted molar refractivity (Wildman–Crippen MR) is 152 cm³/mol. The number of guanidine groups is 1. The molecule has 0 aliphatic carbocycles. The van der Waals surface area contributed by atoms with Gasteiger partial charge >= 0.3 is 54.1 Å². The molecule has 0 bridgehead atoms. The summed E-state index contributed by atoms with van der Waals surface area (Å²) >= 11 is 5.95. The fourth-order valence-electron chi connectivity index (χ4n) is 2.51. The van der Waals surface area contributed by atoms with Crippen LogP contribution in [0.4, 0.5) is 58.5 Å². The smallest absolute Gasteiger partial charge is 0.475 e. The molecule has 0 aromatic carbocycles. The lowest BCUT2D eigenvalue weighted by Gasteiger charge is -2.11. The Bertz CT molecular complexity index is 1490. The van der Waals surface area contributed by atoms with E-state index in [-0.39, 0.29) is 48.4 Å². The number of anilines is 1. The van der Waals surface area contributed by atoms with Crippen molar-refractivity contribution < 1.29 is 107 Å². The number of alkyl halides is 11. The Morgan fingerprint density at radius 2 is 1.26 bits per heavy atom. The fourth-order valence-corrected chi connectivity index (χ4v) is 2.71. The Morgan fingerprint density at radius 3 is 1.64 bits per heavy atom. The molecule has 0 atom stereocenters. The van der Waals surface area contributed by atoms with Gasteiger partial charge in [-0.2, -0.15) is 52.7 Å². The number of nitrogens with two attached hydrogens (primary N) is 2. The van der Waals surface area contributed by atoms with Crippen LogP contribution in [0.3, 0.4) is 0 Å². The number of H-pyrrole nitrogens is 2. The van der Waals surface area contributed by atoms with Crippen LogP contribution in [-0.2, 0) is 36.3 Å². The number of nitrogens with one attached hydrogen (secondary N) is 5. The van der Waals surface area contributed by atoms with Crippen LogP contribution in [0.5, 0.6) is 0 Å². The first-order valence-electron chi connectivity index (χ1n) is 12.8. The van der Waals surface area contributed by atoms with Crippen molar-refractivity contribution in [1.82, 2.24) is 10.6 Å². The summed E-state index contributed by atoms with van der Waals surface area (Å²) in [5.41, 5.74) is 4.57. The highest BCUT2D eigenvalue weighted by molar-refractivity contribution is 6.31. The van der Waals surface area contributed by atoms with Crippen molar-refractivity contribution >= 4 is 53.1 Å². The van der Waals surface area contributed by atoms with Crippen LogP contribution in [0.25, 0.3) is 0 Å². The largest absolute Gasteiger partial charge is 0.490 e. The van der Waals surface area contributed by atoms with Gasteiger partial charge in [0.1, 0.15) is 6.20 Å². The van der Waals surface area contributed by atoms with Gasteiger partial charge < -0.3 is 20.6 Å². The lowest BCUT2D eigenvalue weighted by Crippen LogP contribution is -2.56. The quantitative estimate of drug-likeness (QED) is 0.101. The van der Waals surface area contributed by atoms with Crippen molar-refractivity contribution in [3.05, 3.63) is 52.7 Å². The maximum Gasteiger partial charge on any atom is 0.490 e. The monoisotopic (exact) mass is 818 g/mol. The normalized spacial score (nSPS) is 10.9. The minimum atomic E-state index is -5.08. The molecular weight excluding hydrogens is 790 g/mol. The Morgan fingerprint density at radius 1 is 0.811 bits per heavy atom. The number of aliphatic carboxylic acids is 3. The van der Waals surface area contributed by atoms with Crippen LogP contribution in [0, 0.1) is 5.82 Å². The maximum absolute atomic E-state index is 14.8. The average molecular weight is 819 g/mol. The molecule has 300 valence electrons. The van der Waals surface area contributed by atoms with Crippen LogP contribution in [0.2, 0.25) is 5.02 Å². The van der Waals surface area contributed by atoms with E-state index < -0.39 is 73.0 Å². The molecule has 0 aliphatic rings. The molecule has 0 fully saturated rings. The molecule has 2 heterocycles. The number of carboxylic acid groups (broad SMARTS) is 3. The van der Waals surface area contributed by atoms with E-state index in [0.29, 0.717) is 0 Å². The predicted octanol–water partition coefficient (Wildman–Crippen LogP) is 1.09. The first kappa shape index (κ1) is 51.7. The molecule has 0 radical (unpaired) electrons. The summed E-state index contributed by atoms with van der Waals surface area (Å²) in [4.78, 5) is 55.0. The van der Waals surface area contributed by atoms with E-state index in [1.165, 1.54) is 24.5 Å². The number of amides is 2. The summed E-state index contributed by atoms with van der Waals surface area (Å²) < 4.78 is 139. The Kier molecular flexibility index (Phi) is 21.8. The third-order valence-corrected chi connectivity index (χ3v) is 5.07.